The number of nitrogens with one attached hydrogen (secondary N) is 1. The van der Waals surface area contributed by atoms with E-state index in [0.717, 1.165) is 23.5 Å². The van der Waals surface area contributed by atoms with Gasteiger partial charge in [-0.3, -0.25) is 9.69 Å². The summed E-state index contributed by atoms with van der Waals surface area (Å²) in [5.74, 6) is 0.0686. The van der Waals surface area contributed by atoms with Crippen LogP contribution in [0.15, 0.2) is 53.7 Å². The Balaban J connectivity index is 1.30. The summed E-state index contributed by atoms with van der Waals surface area (Å²) in [5.41, 5.74) is 6.98. The molecule has 3 unspecified atom stereocenters. The Labute approximate surface area is 182 Å². The number of rotatable bonds is 3. The monoisotopic (exact) mass is 413 g/mol. The first kappa shape index (κ1) is 18.6. The van der Waals surface area contributed by atoms with Crippen molar-refractivity contribution in [2.24, 2.45) is 4.99 Å². The molecule has 1 N–H and O–H groups in total. The van der Waals surface area contributed by atoms with Crippen molar-refractivity contribution < 1.29 is 4.79 Å². The maximum Gasteiger partial charge on any atom is 0.228 e. The molecule has 2 aromatic carbocycles. The third-order valence-corrected chi connectivity index (χ3v) is 7.07. The van der Waals surface area contributed by atoms with Crippen molar-refractivity contribution in [2.45, 2.75) is 31.8 Å². The number of nitrogens with zero attached hydrogens (tertiary/aromatic N) is 4. The van der Waals surface area contributed by atoms with Crippen LogP contribution < -0.4 is 15.1 Å². The second-order valence-electron chi connectivity index (χ2n) is 9.01. The summed E-state index contributed by atoms with van der Waals surface area (Å²) in [6.45, 7) is 6.93. The Hall–Kier alpha value is -3.12. The molecule has 0 aromatic heterocycles. The highest BCUT2D eigenvalue weighted by molar-refractivity contribution is 5.99. The zero-order valence-electron chi connectivity index (χ0n) is 17.8. The second-order valence-corrected chi connectivity index (χ2v) is 9.01. The SMILES string of the molecule is Cc1cc(N2C=NC=CC2c2ccc3c(c2)CC(=O)N3)ccc1N1CCN2CCC1C2. The number of benzene rings is 2. The van der Waals surface area contributed by atoms with Gasteiger partial charge in [-0.25, -0.2) is 4.99 Å². The lowest BCUT2D eigenvalue weighted by atomic mass is 9.99. The van der Waals surface area contributed by atoms with Gasteiger partial charge in [0.05, 0.1) is 18.8 Å². The molecule has 1 amide bonds. The van der Waals surface area contributed by atoms with Gasteiger partial charge in [0, 0.05) is 55.5 Å². The fourth-order valence-electron chi connectivity index (χ4n) is 5.48. The van der Waals surface area contributed by atoms with Gasteiger partial charge >= 0.3 is 0 Å². The summed E-state index contributed by atoms with van der Waals surface area (Å²) in [5, 5.41) is 2.92. The van der Waals surface area contributed by atoms with E-state index in [1.165, 1.54) is 42.9 Å². The van der Waals surface area contributed by atoms with Gasteiger partial charge in [0.2, 0.25) is 5.91 Å². The fourth-order valence-corrected chi connectivity index (χ4v) is 5.48. The third-order valence-electron chi connectivity index (χ3n) is 7.07. The van der Waals surface area contributed by atoms with Crippen molar-refractivity contribution >= 4 is 29.3 Å². The van der Waals surface area contributed by atoms with Crippen molar-refractivity contribution in [3.63, 3.8) is 0 Å². The van der Waals surface area contributed by atoms with Crippen LogP contribution in [0.25, 0.3) is 0 Å². The number of hydrogen-bond acceptors (Lipinski definition) is 5. The van der Waals surface area contributed by atoms with Crippen LogP contribution in [0.3, 0.4) is 0 Å². The van der Waals surface area contributed by atoms with Gasteiger partial charge in [0.1, 0.15) is 0 Å². The summed E-state index contributed by atoms with van der Waals surface area (Å²) >= 11 is 0. The maximum absolute atomic E-state index is 11.8. The van der Waals surface area contributed by atoms with E-state index in [1.807, 2.05) is 18.6 Å². The first-order valence-corrected chi connectivity index (χ1v) is 11.2. The number of hydrogen-bond donors (Lipinski definition) is 1. The standard InChI is InChI=1S/C25H27N5O/c1-17-12-20(3-5-23(17)29-11-10-28-9-7-21(29)15-28)30-16-26-8-6-24(30)18-2-4-22-19(13-18)14-25(31)27-22/h2-6,8,12-13,16,21,24H,7,9-11,14-15H2,1H3,(H,27,31). The number of carbonyl (C=O) groups excluding carboxylic acids is 1. The third kappa shape index (κ3) is 3.22. The molecule has 2 saturated heterocycles. The van der Waals surface area contributed by atoms with E-state index >= 15 is 0 Å². The molecule has 158 valence electrons. The average molecular weight is 414 g/mol. The first-order valence-electron chi connectivity index (χ1n) is 11.2. The van der Waals surface area contributed by atoms with Gasteiger partial charge in [0.15, 0.2) is 0 Å². The van der Waals surface area contributed by atoms with Crippen LogP contribution in [0.1, 0.15) is 29.2 Å². The smallest absolute Gasteiger partial charge is 0.228 e. The molecular formula is C25H27N5O. The number of anilines is 3. The molecule has 6 rings (SSSR count). The molecule has 0 spiro atoms. The summed E-state index contributed by atoms with van der Waals surface area (Å²) in [7, 11) is 0. The molecule has 6 heteroatoms. The van der Waals surface area contributed by atoms with E-state index in [9.17, 15) is 4.79 Å². The first-order chi connectivity index (χ1) is 15.2. The predicted octanol–water partition coefficient (Wildman–Crippen LogP) is 3.49. The lowest BCUT2D eigenvalue weighted by Crippen LogP contribution is -2.47. The number of piperazine rings is 1. The second kappa shape index (κ2) is 7.24. The molecule has 2 fully saturated rings. The van der Waals surface area contributed by atoms with Gasteiger partial charge in [0.25, 0.3) is 0 Å². The highest BCUT2D eigenvalue weighted by atomic mass is 16.1. The molecule has 0 aliphatic carbocycles. The van der Waals surface area contributed by atoms with Gasteiger partial charge in [-0.2, -0.15) is 0 Å². The Bertz CT molecular complexity index is 1110. The van der Waals surface area contributed by atoms with Gasteiger partial charge in [-0.05, 0) is 60.4 Å². The number of amides is 1. The lowest BCUT2D eigenvalue weighted by Gasteiger charge is -2.37. The molecule has 2 bridgehead atoms. The number of fused-ring (bicyclic) bond motifs is 3. The Morgan fingerprint density at radius 2 is 2.03 bits per heavy atom. The zero-order chi connectivity index (χ0) is 20.9. The Morgan fingerprint density at radius 1 is 1.10 bits per heavy atom. The number of carbonyl (C=O) groups is 1. The van der Waals surface area contributed by atoms with Gasteiger partial charge in [-0.1, -0.05) is 12.1 Å². The predicted molar refractivity (Wildman–Crippen MR) is 125 cm³/mol. The van der Waals surface area contributed by atoms with Crippen LogP contribution in [0.2, 0.25) is 0 Å². The van der Waals surface area contributed by atoms with Gasteiger partial charge in [-0.15, -0.1) is 0 Å². The summed E-state index contributed by atoms with van der Waals surface area (Å²) in [4.78, 5) is 23.6. The molecule has 4 aliphatic heterocycles. The van der Waals surface area contributed by atoms with E-state index in [0.29, 0.717) is 12.5 Å². The van der Waals surface area contributed by atoms with Crippen molar-refractivity contribution in [3.8, 4) is 0 Å². The van der Waals surface area contributed by atoms with Crippen molar-refractivity contribution in [1.82, 2.24) is 4.90 Å². The summed E-state index contributed by atoms with van der Waals surface area (Å²) in [6.07, 6.45) is 7.61. The maximum atomic E-state index is 11.8. The zero-order valence-corrected chi connectivity index (χ0v) is 17.8. The Morgan fingerprint density at radius 3 is 2.94 bits per heavy atom. The van der Waals surface area contributed by atoms with Crippen molar-refractivity contribution in [3.05, 3.63) is 65.4 Å². The van der Waals surface area contributed by atoms with Crippen LogP contribution in [-0.4, -0.2) is 49.4 Å². The summed E-state index contributed by atoms with van der Waals surface area (Å²) in [6, 6.07) is 13.8. The minimum atomic E-state index is 0.0575. The minimum absolute atomic E-state index is 0.0575. The molecular weight excluding hydrogens is 386 g/mol. The molecule has 0 radical (unpaired) electrons. The number of aryl methyl sites for hydroxylation is 1. The molecule has 6 nitrogen and oxygen atoms in total. The molecule has 0 saturated carbocycles. The van der Waals surface area contributed by atoms with Crippen molar-refractivity contribution in [1.29, 1.82) is 0 Å². The fraction of sp³-hybridized carbons (Fsp3) is 0.360. The van der Waals surface area contributed by atoms with E-state index in [1.54, 1.807) is 0 Å². The van der Waals surface area contributed by atoms with Crippen LogP contribution in [0, 0.1) is 6.92 Å². The molecule has 31 heavy (non-hydrogen) atoms. The minimum Gasteiger partial charge on any atom is -0.366 e. The van der Waals surface area contributed by atoms with E-state index in [2.05, 4.69) is 68.3 Å². The van der Waals surface area contributed by atoms with Gasteiger partial charge < -0.3 is 15.1 Å². The van der Waals surface area contributed by atoms with Crippen LogP contribution in [0.4, 0.5) is 17.1 Å². The van der Waals surface area contributed by atoms with E-state index < -0.39 is 0 Å². The number of aliphatic imine (C=N–C) groups is 1. The van der Waals surface area contributed by atoms with Crippen LogP contribution in [0.5, 0.6) is 0 Å². The summed E-state index contributed by atoms with van der Waals surface area (Å²) < 4.78 is 0. The molecule has 4 aliphatic rings. The van der Waals surface area contributed by atoms with Crippen molar-refractivity contribution in [2.75, 3.05) is 41.3 Å². The molecule has 3 atom stereocenters. The highest BCUT2D eigenvalue weighted by Gasteiger charge is 2.33. The van der Waals surface area contributed by atoms with Crippen LogP contribution >= 0.6 is 0 Å². The quantitative estimate of drug-likeness (QED) is 0.837. The van der Waals surface area contributed by atoms with Crippen LogP contribution in [-0.2, 0) is 11.2 Å². The largest absolute Gasteiger partial charge is 0.366 e. The van der Waals surface area contributed by atoms with E-state index in [-0.39, 0.29) is 11.9 Å². The average Bonchev–Trinajstić information content (AvgIpc) is 3.35. The topological polar surface area (TPSA) is 51.2 Å². The molecule has 2 aromatic rings. The Kier molecular flexibility index (Phi) is 4.35. The lowest BCUT2D eigenvalue weighted by molar-refractivity contribution is -0.115. The highest BCUT2D eigenvalue weighted by Crippen LogP contribution is 2.36. The molecule has 4 heterocycles. The van der Waals surface area contributed by atoms with E-state index in [4.69, 9.17) is 0 Å². The normalized spacial score (nSPS) is 26.4.